The molecule has 0 atom stereocenters. The molecule has 0 spiro atoms. The fraction of sp³-hybridized carbons (Fsp3) is 1.00. The third kappa shape index (κ3) is 6.32. The standard InChI is InChI=1S/C9H22N2/c1-9(2,7-10(3)4)8-11(5)6/h7-8H2,1-6H3. The molecule has 0 aromatic rings. The Morgan fingerprint density at radius 3 is 1.27 bits per heavy atom. The highest BCUT2D eigenvalue weighted by Gasteiger charge is 2.19. The molecular formula is C9H22N2. The Morgan fingerprint density at radius 2 is 1.09 bits per heavy atom. The Balaban J connectivity index is 3.79. The minimum atomic E-state index is 0.396. The molecule has 0 aliphatic carbocycles. The summed E-state index contributed by atoms with van der Waals surface area (Å²) in [5.41, 5.74) is 0.396. The molecule has 0 unspecified atom stereocenters. The molecule has 11 heavy (non-hydrogen) atoms. The van der Waals surface area contributed by atoms with Crippen molar-refractivity contribution in [3.63, 3.8) is 0 Å². The van der Waals surface area contributed by atoms with Gasteiger partial charge in [-0.15, -0.1) is 0 Å². The maximum Gasteiger partial charge on any atom is 0.00388 e. The van der Waals surface area contributed by atoms with E-state index in [9.17, 15) is 0 Å². The van der Waals surface area contributed by atoms with E-state index in [2.05, 4.69) is 51.8 Å². The zero-order chi connectivity index (χ0) is 9.07. The van der Waals surface area contributed by atoms with Crippen LogP contribution in [0.15, 0.2) is 0 Å². The van der Waals surface area contributed by atoms with Crippen LogP contribution in [0.1, 0.15) is 13.8 Å². The van der Waals surface area contributed by atoms with E-state index in [0.717, 1.165) is 13.1 Å². The molecule has 0 saturated heterocycles. The Morgan fingerprint density at radius 1 is 0.818 bits per heavy atom. The molecule has 0 saturated carbocycles. The first-order valence-corrected chi connectivity index (χ1v) is 4.13. The summed E-state index contributed by atoms with van der Waals surface area (Å²) in [4.78, 5) is 4.48. The maximum atomic E-state index is 2.30. The molecule has 0 aliphatic rings. The summed E-state index contributed by atoms with van der Waals surface area (Å²) in [7, 11) is 8.49. The quantitative estimate of drug-likeness (QED) is 0.605. The second kappa shape index (κ2) is 4.07. The third-order valence-electron chi connectivity index (χ3n) is 1.49. The summed E-state index contributed by atoms with van der Waals surface area (Å²) in [6, 6.07) is 0. The minimum absolute atomic E-state index is 0.396. The maximum absolute atomic E-state index is 2.30. The molecule has 0 bridgehead atoms. The van der Waals surface area contributed by atoms with Gasteiger partial charge in [0, 0.05) is 13.1 Å². The van der Waals surface area contributed by atoms with Crippen LogP contribution >= 0.6 is 0 Å². The van der Waals surface area contributed by atoms with Gasteiger partial charge in [0.1, 0.15) is 0 Å². The minimum Gasteiger partial charge on any atom is -0.309 e. The van der Waals surface area contributed by atoms with E-state index in [-0.39, 0.29) is 0 Å². The fourth-order valence-electron chi connectivity index (χ4n) is 1.76. The van der Waals surface area contributed by atoms with Crippen LogP contribution in [0.4, 0.5) is 0 Å². The van der Waals surface area contributed by atoms with E-state index in [0.29, 0.717) is 5.41 Å². The highest BCUT2D eigenvalue weighted by atomic mass is 15.1. The molecule has 0 aromatic heterocycles. The monoisotopic (exact) mass is 158 g/mol. The summed E-state index contributed by atoms with van der Waals surface area (Å²) in [5, 5.41) is 0. The van der Waals surface area contributed by atoms with Crippen LogP contribution in [0.5, 0.6) is 0 Å². The second-order valence-corrected chi connectivity index (χ2v) is 4.64. The summed E-state index contributed by atoms with van der Waals surface area (Å²) < 4.78 is 0. The van der Waals surface area contributed by atoms with Crippen molar-refractivity contribution in [3.05, 3.63) is 0 Å². The van der Waals surface area contributed by atoms with Crippen molar-refractivity contribution < 1.29 is 0 Å². The van der Waals surface area contributed by atoms with Crippen molar-refractivity contribution in [2.75, 3.05) is 41.3 Å². The molecule has 2 nitrogen and oxygen atoms in total. The average molecular weight is 158 g/mol. The van der Waals surface area contributed by atoms with Crippen LogP contribution in [-0.2, 0) is 0 Å². The van der Waals surface area contributed by atoms with Gasteiger partial charge in [0.15, 0.2) is 0 Å². The highest BCUT2D eigenvalue weighted by molar-refractivity contribution is 4.73. The van der Waals surface area contributed by atoms with Crippen LogP contribution in [-0.4, -0.2) is 51.1 Å². The van der Waals surface area contributed by atoms with Gasteiger partial charge in [-0.1, -0.05) is 13.8 Å². The van der Waals surface area contributed by atoms with Gasteiger partial charge in [0.2, 0.25) is 0 Å². The highest BCUT2D eigenvalue weighted by Crippen LogP contribution is 2.15. The molecule has 0 amide bonds. The Bertz CT molecular complexity index is 94.1. The van der Waals surface area contributed by atoms with Gasteiger partial charge in [0.05, 0.1) is 0 Å². The van der Waals surface area contributed by atoms with Gasteiger partial charge < -0.3 is 9.80 Å². The van der Waals surface area contributed by atoms with Crippen LogP contribution in [0.25, 0.3) is 0 Å². The fourth-order valence-corrected chi connectivity index (χ4v) is 1.76. The Labute approximate surface area is 71.2 Å². The second-order valence-electron chi connectivity index (χ2n) is 4.64. The lowest BCUT2D eigenvalue weighted by molar-refractivity contribution is 0.182. The molecule has 0 fully saturated rings. The molecule has 0 aliphatic heterocycles. The smallest absolute Gasteiger partial charge is 0.00388 e. The number of rotatable bonds is 4. The van der Waals surface area contributed by atoms with E-state index in [1.165, 1.54) is 0 Å². The van der Waals surface area contributed by atoms with Crippen LogP contribution in [0.3, 0.4) is 0 Å². The zero-order valence-corrected chi connectivity index (χ0v) is 8.81. The average Bonchev–Trinajstić information content (AvgIpc) is 1.53. The number of hydrogen-bond acceptors (Lipinski definition) is 2. The predicted molar refractivity (Wildman–Crippen MR) is 50.9 cm³/mol. The van der Waals surface area contributed by atoms with Crippen molar-refractivity contribution in [2.24, 2.45) is 5.41 Å². The van der Waals surface area contributed by atoms with Crippen molar-refractivity contribution in [3.8, 4) is 0 Å². The van der Waals surface area contributed by atoms with Gasteiger partial charge in [-0.2, -0.15) is 0 Å². The van der Waals surface area contributed by atoms with Gasteiger partial charge in [-0.3, -0.25) is 0 Å². The van der Waals surface area contributed by atoms with E-state index >= 15 is 0 Å². The first kappa shape index (κ1) is 10.9. The normalized spacial score (nSPS) is 13.1. The zero-order valence-electron chi connectivity index (χ0n) is 8.81. The molecule has 68 valence electrons. The molecule has 0 radical (unpaired) electrons. The summed E-state index contributed by atoms with van der Waals surface area (Å²) >= 11 is 0. The van der Waals surface area contributed by atoms with E-state index in [1.807, 2.05) is 0 Å². The topological polar surface area (TPSA) is 6.48 Å². The van der Waals surface area contributed by atoms with Crippen LogP contribution in [0.2, 0.25) is 0 Å². The summed E-state index contributed by atoms with van der Waals surface area (Å²) in [5.74, 6) is 0. The lowest BCUT2D eigenvalue weighted by Crippen LogP contribution is -2.37. The predicted octanol–water partition coefficient (Wildman–Crippen LogP) is 1.14. The van der Waals surface area contributed by atoms with Gasteiger partial charge in [-0.05, 0) is 33.6 Å². The molecule has 0 heterocycles. The Hall–Kier alpha value is -0.0800. The first-order valence-electron chi connectivity index (χ1n) is 4.13. The van der Waals surface area contributed by atoms with Gasteiger partial charge >= 0.3 is 0 Å². The largest absolute Gasteiger partial charge is 0.309 e. The van der Waals surface area contributed by atoms with Gasteiger partial charge in [0.25, 0.3) is 0 Å². The van der Waals surface area contributed by atoms with E-state index in [4.69, 9.17) is 0 Å². The lowest BCUT2D eigenvalue weighted by atomic mass is 9.92. The number of hydrogen-bond donors (Lipinski definition) is 0. The lowest BCUT2D eigenvalue weighted by Gasteiger charge is -2.30. The van der Waals surface area contributed by atoms with Crippen LogP contribution < -0.4 is 0 Å². The molecule has 2 heteroatoms. The Kier molecular flexibility index (Phi) is 4.04. The van der Waals surface area contributed by atoms with Crippen LogP contribution in [0, 0.1) is 5.41 Å². The van der Waals surface area contributed by atoms with Crippen molar-refractivity contribution in [1.29, 1.82) is 0 Å². The third-order valence-corrected chi connectivity index (χ3v) is 1.49. The van der Waals surface area contributed by atoms with E-state index < -0.39 is 0 Å². The first-order chi connectivity index (χ1) is 4.83. The van der Waals surface area contributed by atoms with Crippen molar-refractivity contribution >= 4 is 0 Å². The van der Waals surface area contributed by atoms with Crippen molar-refractivity contribution in [2.45, 2.75) is 13.8 Å². The molecule has 0 aromatic carbocycles. The van der Waals surface area contributed by atoms with Crippen molar-refractivity contribution in [1.82, 2.24) is 9.80 Å². The van der Waals surface area contributed by atoms with E-state index in [1.54, 1.807) is 0 Å². The summed E-state index contributed by atoms with van der Waals surface area (Å²) in [6.45, 7) is 6.89. The molecular weight excluding hydrogens is 136 g/mol. The SMILES string of the molecule is CN(C)CC(C)(C)CN(C)C. The molecule has 0 rings (SSSR count). The number of nitrogens with zero attached hydrogens (tertiary/aromatic N) is 2. The van der Waals surface area contributed by atoms with Gasteiger partial charge in [-0.25, -0.2) is 0 Å². The summed E-state index contributed by atoms with van der Waals surface area (Å²) in [6.07, 6.45) is 0. The molecule has 0 N–H and O–H groups in total.